The average molecular weight is 1720 g/mol. The Morgan fingerprint density at radius 3 is 1.43 bits per heavy atom. The zero-order valence-electron chi connectivity index (χ0n) is 57.7. The van der Waals surface area contributed by atoms with Crippen LogP contribution >= 0.6 is 54.8 Å². The average Bonchev–Trinajstić information content (AvgIpc) is 1.62. The molecule has 2 unspecified atom stereocenters. The fourth-order valence-electron chi connectivity index (χ4n) is 11.3. The number of nitrogens with two attached hydrogens (primary N) is 4. The highest BCUT2D eigenvalue weighted by Crippen LogP contribution is 2.52. The number of esters is 2. The van der Waals surface area contributed by atoms with Crippen LogP contribution in [0.4, 0.5) is 41.2 Å². The first-order chi connectivity index (χ1) is 52.3. The third kappa shape index (κ3) is 22.1. The fraction of sp³-hybridized carbons (Fsp3) is 0.585. The molecule has 59 heteroatoms. The summed E-state index contributed by atoms with van der Waals surface area (Å²) in [5, 5.41) is 32.9. The number of anilines is 4. The highest BCUT2D eigenvalue weighted by atomic mass is 32.2. The summed E-state index contributed by atoms with van der Waals surface area (Å²) >= 11 is 2.72. The van der Waals surface area contributed by atoms with E-state index in [0.29, 0.717) is 11.6 Å². The minimum Gasteiger partial charge on any atom is -0.475 e. The summed E-state index contributed by atoms with van der Waals surface area (Å²) in [6.45, 7) is 1.71. The zero-order valence-corrected chi connectivity index (χ0v) is 62.9. The molecule has 1 amide bonds. The molecular weight excluding hydrogens is 1650 g/mol. The number of hydrogen-bond donors (Lipinski definition) is 14. The number of imidazole rings is 2. The van der Waals surface area contributed by atoms with Crippen molar-refractivity contribution in [3.8, 4) is 0 Å². The first-order valence-corrected chi connectivity index (χ1v) is 40.5. The van der Waals surface area contributed by atoms with Crippen LogP contribution in [-0.2, 0) is 92.9 Å². The number of fused-ring (bicyclic) bond motifs is 2. The van der Waals surface area contributed by atoms with Crippen LogP contribution in [0.2, 0.25) is 0 Å². The van der Waals surface area contributed by atoms with Gasteiger partial charge in [0.2, 0.25) is 0 Å². The van der Waals surface area contributed by atoms with Crippen LogP contribution < -0.4 is 39.6 Å². The molecule has 6 fully saturated rings. The fourth-order valence-corrected chi connectivity index (χ4v) is 16.0. The molecule has 6 aliphatic heterocycles. The largest absolute Gasteiger partial charge is 0.490 e. The molecule has 0 aliphatic carbocycles. The lowest BCUT2D eigenvalue weighted by Gasteiger charge is -2.28. The molecule has 12 heterocycles. The number of carboxylic acid groups (broad SMARTS) is 1. The van der Waals surface area contributed by atoms with Crippen molar-refractivity contribution in [2.75, 3.05) is 72.6 Å². The van der Waals surface area contributed by atoms with Gasteiger partial charge in [-0.3, -0.25) is 60.4 Å². The number of carbonyl (C=O) groups excluding carboxylic acids is 3. The first-order valence-electron chi connectivity index (χ1n) is 32.2. The number of halogens is 3. The molecule has 6 saturated heterocycles. The van der Waals surface area contributed by atoms with E-state index in [2.05, 4.69) is 54.2 Å². The van der Waals surface area contributed by atoms with Crippen molar-refractivity contribution in [1.82, 2.24) is 68.4 Å². The number of carboxylic acids is 1. The Labute approximate surface area is 632 Å². The van der Waals surface area contributed by atoms with Gasteiger partial charge >= 0.3 is 72.8 Å². The summed E-state index contributed by atoms with van der Waals surface area (Å²) in [6.07, 6.45) is -19.0. The molecule has 6 aromatic rings. The second kappa shape index (κ2) is 35.2. The lowest BCUT2D eigenvalue weighted by Crippen LogP contribution is -2.48. The Morgan fingerprint density at radius 2 is 1.04 bits per heavy atom. The molecule has 12 rings (SSSR count). The van der Waals surface area contributed by atoms with Gasteiger partial charge in [0.25, 0.3) is 0 Å². The molecule has 6 aromatic heterocycles. The summed E-state index contributed by atoms with van der Waals surface area (Å²) in [4.78, 5) is 164. The Kier molecular flexibility index (Phi) is 27.3. The minimum absolute atomic E-state index is 0.0172. The molecule has 0 radical (unpaired) electrons. The van der Waals surface area contributed by atoms with Gasteiger partial charge in [-0.2, -0.15) is 23.1 Å². The van der Waals surface area contributed by atoms with Crippen LogP contribution in [0, 0.1) is 0 Å². The van der Waals surface area contributed by atoms with Crippen LogP contribution in [-0.4, -0.2) is 266 Å². The van der Waals surface area contributed by atoms with Crippen molar-refractivity contribution in [2.45, 2.75) is 143 Å². The van der Waals surface area contributed by atoms with Gasteiger partial charge in [0.15, 0.2) is 47.6 Å². The maximum Gasteiger partial charge on any atom is 0.490 e. The number of phosphoric ester groups is 4. The Bertz CT molecular complexity index is 4730. The Morgan fingerprint density at radius 1 is 0.607 bits per heavy atom. The predicted octanol–water partition coefficient (Wildman–Crippen LogP) is -1.76. The highest BCUT2D eigenvalue weighted by molar-refractivity contribution is 7.99. The molecule has 618 valence electrons. The number of ether oxygens (including phenoxy) is 7. The van der Waals surface area contributed by atoms with E-state index >= 15 is 0 Å². The number of aliphatic hydroxyl groups excluding tert-OH is 2. The standard InChI is InChI=1S/C28H39N9O16P2S.C23H31N9O14P2S.C2HF3O2/c1-28(2,3)52-27(41)37-12-56-9-13(37)25(39)51-21-16(50-24(20(21)38)36-11-33-19-22(30)31-10-32-23(19)36)8-48-55(45,46)53-14-6-18(35-5-4-17(29)34-26(35)40)49-15(14)7-47-54(42,43)44;24-14-1-2-31(23(35)30-14)15-3-11(12(43-15)4-41-47(36,37)38)46-48(39,40)42-5-13-18(45-22(34)10-6-49-9-29-10)17(33)21(44-13)32-8-28-16-19(25)26-7-27-20(16)32;3-2(4,5)1(6)7/h4-5,10-11,13-16,18,20-21,24,38H,6-9,12H2,1-3H3,(H,45,46)(H2,29,34,40)(H2,30,31,32)(H2,42,43,44);1-2,7-8,10-13,15,17-18,21,29,33H,3-6,9H2,(H,39,40)(H2,24,30,35)(H2,25,26,27)(H2,36,37,38);(H,6,7)/t13-,14-,15+,16+,18+,20+,21+,24+;10-,11-,12+,13+,15+,17+,18+,21+;/m00./s1. The van der Waals surface area contributed by atoms with Crippen molar-refractivity contribution in [3.63, 3.8) is 0 Å². The van der Waals surface area contributed by atoms with Crippen molar-refractivity contribution in [2.24, 2.45) is 0 Å². The first kappa shape index (κ1) is 86.8. The number of nitrogen functional groups attached to an aromatic ring is 4. The number of aliphatic hydroxyl groups is 2. The number of amides is 1. The number of alkyl halides is 3. The lowest BCUT2D eigenvalue weighted by atomic mass is 10.1. The van der Waals surface area contributed by atoms with E-state index in [0.717, 1.165) is 15.5 Å². The second-order valence-corrected chi connectivity index (χ2v) is 32.6. The van der Waals surface area contributed by atoms with Crippen molar-refractivity contribution in [3.05, 3.63) is 70.8 Å². The van der Waals surface area contributed by atoms with E-state index in [1.54, 1.807) is 20.8 Å². The quantitative estimate of drug-likeness (QED) is 0.0181. The summed E-state index contributed by atoms with van der Waals surface area (Å²) in [6, 6.07) is 0.755. The number of phosphoric acid groups is 4. The van der Waals surface area contributed by atoms with E-state index < -0.39 is 203 Å². The van der Waals surface area contributed by atoms with Crippen molar-refractivity contribution >= 4 is 124 Å². The molecule has 0 bridgehead atoms. The van der Waals surface area contributed by atoms with Gasteiger partial charge in [0, 0.05) is 42.6 Å². The molecule has 18 atom stereocenters. The molecule has 0 aromatic carbocycles. The summed E-state index contributed by atoms with van der Waals surface area (Å²) < 4.78 is 156. The molecule has 50 nitrogen and oxygen atoms in total. The van der Waals surface area contributed by atoms with Gasteiger partial charge in [-0.15, -0.1) is 23.5 Å². The molecule has 112 heavy (non-hydrogen) atoms. The smallest absolute Gasteiger partial charge is 0.475 e. The maximum atomic E-state index is 13.6. The van der Waals surface area contributed by atoms with E-state index in [4.69, 9.17) is 84.1 Å². The second-order valence-electron chi connectivity index (χ2n) is 25.3. The summed E-state index contributed by atoms with van der Waals surface area (Å²) in [5.74, 6) is -3.37. The third-order valence-electron chi connectivity index (χ3n) is 16.3. The van der Waals surface area contributed by atoms with Crippen LogP contribution in [0.5, 0.6) is 0 Å². The predicted molar refractivity (Wildman–Crippen MR) is 366 cm³/mol. The van der Waals surface area contributed by atoms with Gasteiger partial charge < -0.3 is 101 Å². The van der Waals surface area contributed by atoms with Crippen LogP contribution in [0.15, 0.2) is 59.4 Å². The van der Waals surface area contributed by atoms with Gasteiger partial charge in [-0.1, -0.05) is 0 Å². The van der Waals surface area contributed by atoms with Gasteiger partial charge in [0.05, 0.1) is 45.0 Å². The number of aliphatic carboxylic acids is 1. The normalized spacial score (nSPS) is 27.9. The number of nitrogens with zero attached hydrogens (tertiary/aromatic N) is 13. The zero-order chi connectivity index (χ0) is 81.9. The molecule has 18 N–H and O–H groups in total. The van der Waals surface area contributed by atoms with Crippen LogP contribution in [0.25, 0.3) is 22.3 Å². The number of aromatic nitrogens is 12. The van der Waals surface area contributed by atoms with Crippen LogP contribution in [0.3, 0.4) is 0 Å². The number of nitrogens with one attached hydrogen (secondary N) is 1. The van der Waals surface area contributed by atoms with Crippen molar-refractivity contribution in [1.29, 1.82) is 0 Å². The number of rotatable bonds is 24. The van der Waals surface area contributed by atoms with E-state index in [1.807, 2.05) is 0 Å². The molecule has 0 spiro atoms. The van der Waals surface area contributed by atoms with E-state index in [-0.39, 0.29) is 70.1 Å². The molecule has 0 saturated carbocycles. The molecule has 6 aliphatic rings. The minimum atomic E-state index is -5.19. The van der Waals surface area contributed by atoms with E-state index in [1.165, 1.54) is 81.1 Å². The monoisotopic (exact) mass is 1720 g/mol. The third-order valence-corrected chi connectivity index (χ3v) is 21.3. The Hall–Kier alpha value is -7.61. The number of carbonyl (C=O) groups is 4. The summed E-state index contributed by atoms with van der Waals surface area (Å²) in [7, 11) is -20.3. The lowest BCUT2D eigenvalue weighted by molar-refractivity contribution is -0.192. The summed E-state index contributed by atoms with van der Waals surface area (Å²) in [5.41, 5.74) is 21.0. The Balaban J connectivity index is 0.000000220. The van der Waals surface area contributed by atoms with Gasteiger partial charge in [-0.05, 0) is 32.9 Å². The number of hydrogen-bond acceptors (Lipinski definition) is 40. The SMILES string of the molecule is CC(C)(C)OC(=O)N1CSC[C@H]1C(=O)O[C@H]1[C@@H](O)[C@H](n2cnc3c(N)ncnc32)O[C@@H]1COP(=O)(O)O[C@H]1C[C@H](n2ccc(N)nc2=O)O[C@@H]1COP(=O)(O)O.Nc1ccn([C@H]2C[C@H](OP(=O)(O)OC[C@H]3O[C@@H](n4cnc5c(N)ncnc54)[C@H](O)[C@@H]3OC(=O)[C@@H]3CSCN3)[C@@H](COP(=O)(O)O)O2)c(=O)n1.O=C(O)C(F)(F)F. The van der Waals surface area contributed by atoms with Gasteiger partial charge in [0.1, 0.15) is 114 Å². The topological polar surface area (TPSA) is 715 Å². The highest BCUT2D eigenvalue weighted by Gasteiger charge is 2.54. The maximum absolute atomic E-state index is 13.6. The number of thioether (sulfide) groups is 2. The van der Waals surface area contributed by atoms with Crippen molar-refractivity contribution < 1.29 is 156 Å². The van der Waals surface area contributed by atoms with Crippen LogP contribution in [0.1, 0.15) is 58.5 Å². The van der Waals surface area contributed by atoms with Gasteiger partial charge in [-0.25, -0.2) is 72.1 Å². The van der Waals surface area contributed by atoms with E-state index in [9.17, 15) is 95.0 Å². The molecular formula is C53H71F3N18O32P4S2.